The Labute approximate surface area is 73.4 Å². The van der Waals surface area contributed by atoms with Gasteiger partial charge in [-0.3, -0.25) is 0 Å². The van der Waals surface area contributed by atoms with Crippen LogP contribution in [0.3, 0.4) is 0 Å². The number of hydrogen-bond donors (Lipinski definition) is 0. The van der Waals surface area contributed by atoms with Gasteiger partial charge in [0.15, 0.2) is 0 Å². The van der Waals surface area contributed by atoms with Crippen LogP contribution in [-0.4, -0.2) is 24.6 Å². The fourth-order valence-electron chi connectivity index (χ4n) is 1.34. The molecule has 0 aromatic carbocycles. The van der Waals surface area contributed by atoms with Crippen LogP contribution in [0.15, 0.2) is 0 Å². The Balaban J connectivity index is 4.42. The van der Waals surface area contributed by atoms with Crippen LogP contribution in [0, 0.1) is 0 Å². The minimum absolute atomic E-state index is 1.34. The van der Waals surface area contributed by atoms with Crippen LogP contribution in [0.1, 0.15) is 27.7 Å². The van der Waals surface area contributed by atoms with Gasteiger partial charge in [-0.15, -0.1) is 0 Å². The van der Waals surface area contributed by atoms with Crippen molar-refractivity contribution in [2.24, 2.45) is 0 Å². The summed E-state index contributed by atoms with van der Waals surface area (Å²) in [6.07, 6.45) is 5.42. The third-order valence-corrected chi connectivity index (χ3v) is 15.5. The van der Waals surface area contributed by atoms with Crippen molar-refractivity contribution in [2.45, 2.75) is 27.7 Å². The van der Waals surface area contributed by atoms with Gasteiger partial charge in [-0.05, 0) is 0 Å². The zero-order valence-electron chi connectivity index (χ0n) is 7.65. The molecule has 0 radical (unpaired) electrons. The molecule has 0 aliphatic rings. The average Bonchev–Trinajstić information content (AvgIpc) is 2.04. The molecule has 0 bridgehead atoms. The first-order valence-electron chi connectivity index (χ1n) is 4.26. The average molecular weight is 227 g/mol. The van der Waals surface area contributed by atoms with Gasteiger partial charge in [0.2, 0.25) is 0 Å². The molecule has 0 aliphatic heterocycles. The van der Waals surface area contributed by atoms with Crippen LogP contribution in [0.5, 0.6) is 0 Å². The predicted octanol–water partition coefficient (Wildman–Crippen LogP) is 3.93. The number of hydrogen-bond acceptors (Lipinski definition) is 0. The predicted molar refractivity (Wildman–Crippen MR) is 58.0 cm³/mol. The molecule has 2 heteroatoms. The molecular formula is C8H20BrP. The van der Waals surface area contributed by atoms with Crippen molar-refractivity contribution in [3.63, 3.8) is 0 Å². The molecule has 0 heterocycles. The van der Waals surface area contributed by atoms with Crippen LogP contribution in [0.25, 0.3) is 0 Å². The molecule has 0 nitrogen and oxygen atoms in total. The molecule has 0 aromatic heterocycles. The van der Waals surface area contributed by atoms with Gasteiger partial charge in [0.05, 0.1) is 0 Å². The fraction of sp³-hybridized carbons (Fsp3) is 1.00. The molecule has 0 aromatic rings. The van der Waals surface area contributed by atoms with Crippen molar-refractivity contribution in [3.8, 4) is 0 Å². The third kappa shape index (κ3) is 1.95. The Morgan fingerprint density at radius 1 is 0.800 bits per heavy atom. The van der Waals surface area contributed by atoms with Gasteiger partial charge >= 0.3 is 73.1 Å². The molecule has 0 rings (SSSR count). The maximum absolute atomic E-state index is 4.02. The monoisotopic (exact) mass is 226 g/mol. The Bertz CT molecular complexity index is 84.3. The zero-order valence-corrected chi connectivity index (χ0v) is 10.1. The summed E-state index contributed by atoms with van der Waals surface area (Å²) in [6.45, 7) is 9.29. The molecule has 0 spiro atoms. The summed E-state index contributed by atoms with van der Waals surface area (Å²) in [6, 6.07) is 0. The van der Waals surface area contributed by atoms with E-state index in [-0.39, 0.29) is 0 Å². The summed E-state index contributed by atoms with van der Waals surface area (Å²) >= 11 is 4.02. The zero-order chi connectivity index (χ0) is 8.28. The van der Waals surface area contributed by atoms with E-state index in [2.05, 4.69) is 43.2 Å². The topological polar surface area (TPSA) is 0 Å². The standard InChI is InChI=1S/C8H20BrP/c1-5-10(9,6-2,7-3)8-4/h5-8H2,1-4H3. The molecule has 0 amide bonds. The Kier molecular flexibility index (Phi) is 3.86. The van der Waals surface area contributed by atoms with Crippen molar-refractivity contribution in [2.75, 3.05) is 24.6 Å². The van der Waals surface area contributed by atoms with Crippen molar-refractivity contribution >= 4 is 20.8 Å². The molecule has 0 unspecified atom stereocenters. The number of halogens is 1. The summed E-state index contributed by atoms with van der Waals surface area (Å²) in [5.74, 6) is 0. The van der Waals surface area contributed by atoms with E-state index in [0.717, 1.165) is 0 Å². The van der Waals surface area contributed by atoms with Crippen molar-refractivity contribution in [1.29, 1.82) is 0 Å². The fourth-order valence-corrected chi connectivity index (χ4v) is 4.02. The molecule has 10 heavy (non-hydrogen) atoms. The van der Waals surface area contributed by atoms with Gasteiger partial charge < -0.3 is 0 Å². The van der Waals surface area contributed by atoms with Crippen LogP contribution in [-0.2, 0) is 0 Å². The van der Waals surface area contributed by atoms with E-state index in [0.29, 0.717) is 0 Å². The summed E-state index contributed by atoms with van der Waals surface area (Å²) in [5, 5.41) is -1.34. The second-order valence-corrected chi connectivity index (χ2v) is 15.3. The second-order valence-electron chi connectivity index (χ2n) is 3.08. The Morgan fingerprint density at radius 3 is 1.00 bits per heavy atom. The third-order valence-electron chi connectivity index (χ3n) is 3.16. The van der Waals surface area contributed by atoms with Gasteiger partial charge in [0, 0.05) is 0 Å². The molecule has 0 N–H and O–H groups in total. The van der Waals surface area contributed by atoms with Crippen molar-refractivity contribution in [3.05, 3.63) is 0 Å². The quantitative estimate of drug-likeness (QED) is 0.638. The summed E-state index contributed by atoms with van der Waals surface area (Å²) in [4.78, 5) is 0. The van der Waals surface area contributed by atoms with E-state index in [4.69, 9.17) is 0 Å². The molecule has 0 atom stereocenters. The van der Waals surface area contributed by atoms with E-state index in [9.17, 15) is 0 Å². The SMILES string of the molecule is CCP(Br)(CC)(CC)CC. The molecule has 0 saturated heterocycles. The molecule has 0 aliphatic carbocycles. The van der Waals surface area contributed by atoms with Gasteiger partial charge in [-0.25, -0.2) is 0 Å². The molecular weight excluding hydrogens is 207 g/mol. The van der Waals surface area contributed by atoms with Crippen molar-refractivity contribution < 1.29 is 0 Å². The van der Waals surface area contributed by atoms with Crippen molar-refractivity contribution in [1.82, 2.24) is 0 Å². The first-order valence-corrected chi connectivity index (χ1v) is 9.26. The van der Waals surface area contributed by atoms with Crippen LogP contribution in [0.4, 0.5) is 0 Å². The summed E-state index contributed by atoms with van der Waals surface area (Å²) in [7, 11) is 0. The van der Waals surface area contributed by atoms with E-state index in [1.807, 2.05) is 0 Å². The van der Waals surface area contributed by atoms with Crippen LogP contribution < -0.4 is 0 Å². The summed E-state index contributed by atoms with van der Waals surface area (Å²) < 4.78 is 0. The van der Waals surface area contributed by atoms with Crippen LogP contribution in [0.2, 0.25) is 0 Å². The summed E-state index contributed by atoms with van der Waals surface area (Å²) in [5.41, 5.74) is 0. The van der Waals surface area contributed by atoms with Gasteiger partial charge in [0.25, 0.3) is 0 Å². The molecule has 0 saturated carbocycles. The first-order chi connectivity index (χ1) is 4.54. The molecule has 64 valence electrons. The van der Waals surface area contributed by atoms with Crippen LogP contribution >= 0.6 is 20.8 Å². The molecule has 0 fully saturated rings. The van der Waals surface area contributed by atoms with E-state index in [1.54, 1.807) is 0 Å². The van der Waals surface area contributed by atoms with E-state index < -0.39 is 5.31 Å². The van der Waals surface area contributed by atoms with E-state index >= 15 is 0 Å². The Morgan fingerprint density at radius 2 is 1.00 bits per heavy atom. The Hall–Kier alpha value is 0.910. The van der Waals surface area contributed by atoms with E-state index in [1.165, 1.54) is 24.6 Å². The maximum atomic E-state index is 4.02. The minimum atomic E-state index is -1.34. The number of rotatable bonds is 4. The first kappa shape index (κ1) is 10.9. The van der Waals surface area contributed by atoms with Gasteiger partial charge in [-0.2, -0.15) is 0 Å². The van der Waals surface area contributed by atoms with Gasteiger partial charge in [0.1, 0.15) is 0 Å². The second kappa shape index (κ2) is 3.54. The van der Waals surface area contributed by atoms with Gasteiger partial charge in [-0.1, -0.05) is 0 Å². The normalized spacial score (nSPS) is 16.3.